The van der Waals surface area contributed by atoms with E-state index in [0.717, 1.165) is 16.7 Å². The van der Waals surface area contributed by atoms with Crippen LogP contribution in [0.2, 0.25) is 0 Å². The van der Waals surface area contributed by atoms with Gasteiger partial charge in [0.1, 0.15) is 5.75 Å². The number of carbonyl (C=O) groups excluding carboxylic acids is 1. The predicted octanol–water partition coefficient (Wildman–Crippen LogP) is 3.27. The smallest absolute Gasteiger partial charge is 0.253 e. The molecule has 1 aromatic carbocycles. The summed E-state index contributed by atoms with van der Waals surface area (Å²) in [5.74, 6) is 0.650. The fourth-order valence-corrected chi connectivity index (χ4v) is 3.47. The molecule has 0 spiro atoms. The number of H-pyrrole nitrogens is 1. The van der Waals surface area contributed by atoms with Gasteiger partial charge < -0.3 is 19.9 Å². The molecule has 0 bridgehead atoms. The molecular weight excluding hydrogens is 322 g/mol. The second-order valence-corrected chi connectivity index (χ2v) is 6.64. The first-order valence-electron chi connectivity index (χ1n) is 7.72. The van der Waals surface area contributed by atoms with Gasteiger partial charge in [0, 0.05) is 23.6 Å². The van der Waals surface area contributed by atoms with Crippen LogP contribution in [0.4, 0.5) is 0 Å². The minimum absolute atomic E-state index is 0.0865. The number of nitrogens with one attached hydrogen (secondary N) is 2. The van der Waals surface area contributed by atoms with E-state index in [1.54, 1.807) is 24.6 Å². The van der Waals surface area contributed by atoms with Crippen molar-refractivity contribution in [3.63, 3.8) is 0 Å². The van der Waals surface area contributed by atoms with Crippen LogP contribution in [0.5, 0.6) is 5.75 Å². The fourth-order valence-electron chi connectivity index (χ4n) is 2.76. The summed E-state index contributed by atoms with van der Waals surface area (Å²) in [6.07, 6.45) is 1.74. The van der Waals surface area contributed by atoms with Crippen LogP contribution in [0.25, 0.3) is 10.9 Å². The zero-order valence-corrected chi connectivity index (χ0v) is 14.8. The van der Waals surface area contributed by atoms with Gasteiger partial charge >= 0.3 is 0 Å². The van der Waals surface area contributed by atoms with Crippen molar-refractivity contribution >= 4 is 28.1 Å². The van der Waals surface area contributed by atoms with Gasteiger partial charge in [-0.3, -0.25) is 4.79 Å². The first kappa shape index (κ1) is 16.5. The highest BCUT2D eigenvalue weighted by Crippen LogP contribution is 2.24. The summed E-state index contributed by atoms with van der Waals surface area (Å²) in [6, 6.07) is 7.92. The Hall–Kier alpha value is -2.31. The zero-order chi connectivity index (χ0) is 17.1. The number of methoxy groups -OCH3 is 1. The summed E-state index contributed by atoms with van der Waals surface area (Å²) in [5.41, 5.74) is 2.76. The molecular formula is C18H21N3O2S. The number of ether oxygens (including phenoxy) is 1. The number of nitrogens with zero attached hydrogens (tertiary/aromatic N) is 1. The van der Waals surface area contributed by atoms with E-state index in [1.165, 1.54) is 5.56 Å². The SMILES string of the molecule is COc1ccc2[nH]cc(C(=O)NC[C@@H](c3ccsc3)N(C)C)c2c1. The number of aromatic nitrogens is 1. The van der Waals surface area contributed by atoms with E-state index in [2.05, 4.69) is 32.0 Å². The second-order valence-electron chi connectivity index (χ2n) is 5.86. The summed E-state index contributed by atoms with van der Waals surface area (Å²) >= 11 is 1.67. The Labute approximate surface area is 145 Å². The number of benzene rings is 1. The summed E-state index contributed by atoms with van der Waals surface area (Å²) in [7, 11) is 5.66. The molecule has 126 valence electrons. The van der Waals surface area contributed by atoms with Crippen molar-refractivity contribution in [3.05, 3.63) is 52.3 Å². The van der Waals surface area contributed by atoms with Gasteiger partial charge in [0.25, 0.3) is 5.91 Å². The number of amides is 1. The van der Waals surface area contributed by atoms with Crippen LogP contribution in [0.3, 0.4) is 0 Å². The number of aromatic amines is 1. The van der Waals surface area contributed by atoms with Crippen LogP contribution in [-0.4, -0.2) is 43.5 Å². The molecule has 0 aliphatic carbocycles. The Bertz CT molecular complexity index is 824. The molecule has 0 fully saturated rings. The second kappa shape index (κ2) is 7.07. The van der Waals surface area contributed by atoms with Crippen LogP contribution < -0.4 is 10.1 Å². The summed E-state index contributed by atoms with van der Waals surface area (Å²) < 4.78 is 5.25. The van der Waals surface area contributed by atoms with Gasteiger partial charge in [-0.2, -0.15) is 11.3 Å². The number of carbonyl (C=O) groups is 1. The molecule has 5 nitrogen and oxygen atoms in total. The quantitative estimate of drug-likeness (QED) is 0.722. The van der Waals surface area contributed by atoms with Gasteiger partial charge in [-0.15, -0.1) is 0 Å². The standard InChI is InChI=1S/C18H21N3O2S/c1-21(2)17(12-6-7-24-11-12)10-20-18(22)15-9-19-16-5-4-13(23-3)8-14(15)16/h4-9,11,17,19H,10H2,1-3H3,(H,20,22)/t17-/m0/s1. The molecule has 0 saturated heterocycles. The van der Waals surface area contributed by atoms with E-state index in [-0.39, 0.29) is 11.9 Å². The monoisotopic (exact) mass is 343 g/mol. The van der Waals surface area contributed by atoms with Crippen molar-refractivity contribution in [1.29, 1.82) is 0 Å². The molecule has 3 aromatic rings. The minimum Gasteiger partial charge on any atom is -0.497 e. The van der Waals surface area contributed by atoms with Crippen molar-refractivity contribution in [1.82, 2.24) is 15.2 Å². The van der Waals surface area contributed by atoms with Crippen LogP contribution in [0.1, 0.15) is 22.0 Å². The average Bonchev–Trinajstić information content (AvgIpc) is 3.23. The summed E-state index contributed by atoms with van der Waals surface area (Å²) in [5, 5.41) is 8.09. The number of rotatable bonds is 6. The Morgan fingerprint density at radius 2 is 2.21 bits per heavy atom. The number of likely N-dealkylation sites (N-methyl/N-ethyl adjacent to an activating group) is 1. The molecule has 0 radical (unpaired) electrons. The topological polar surface area (TPSA) is 57.4 Å². The minimum atomic E-state index is -0.0865. The van der Waals surface area contributed by atoms with Crippen molar-refractivity contribution in [2.24, 2.45) is 0 Å². The molecule has 0 saturated carbocycles. The van der Waals surface area contributed by atoms with Gasteiger partial charge in [0.05, 0.1) is 18.7 Å². The Kier molecular flexibility index (Phi) is 4.87. The number of fused-ring (bicyclic) bond motifs is 1. The predicted molar refractivity (Wildman–Crippen MR) is 97.9 cm³/mol. The van der Waals surface area contributed by atoms with Crippen molar-refractivity contribution in [2.75, 3.05) is 27.7 Å². The average molecular weight is 343 g/mol. The van der Waals surface area contributed by atoms with Crippen LogP contribution >= 0.6 is 11.3 Å². The molecule has 0 aliphatic heterocycles. The third kappa shape index (κ3) is 3.29. The largest absolute Gasteiger partial charge is 0.497 e. The van der Waals surface area contributed by atoms with Gasteiger partial charge in [0.2, 0.25) is 0 Å². The van der Waals surface area contributed by atoms with Gasteiger partial charge in [0.15, 0.2) is 0 Å². The zero-order valence-electron chi connectivity index (χ0n) is 14.0. The summed E-state index contributed by atoms with van der Waals surface area (Å²) in [6.45, 7) is 0.555. The van der Waals surface area contributed by atoms with Crippen molar-refractivity contribution in [3.8, 4) is 5.75 Å². The number of thiophene rings is 1. The maximum absolute atomic E-state index is 12.6. The molecule has 1 atom stereocenters. The van der Waals surface area contributed by atoms with Gasteiger partial charge in [-0.1, -0.05) is 0 Å². The molecule has 1 amide bonds. The lowest BCUT2D eigenvalue weighted by molar-refractivity contribution is 0.0943. The molecule has 0 aliphatic rings. The first-order chi connectivity index (χ1) is 11.6. The highest BCUT2D eigenvalue weighted by Gasteiger charge is 2.18. The van der Waals surface area contributed by atoms with E-state index in [9.17, 15) is 4.79 Å². The third-order valence-corrected chi connectivity index (χ3v) is 4.84. The highest BCUT2D eigenvalue weighted by atomic mass is 32.1. The molecule has 2 heterocycles. The normalized spacial score (nSPS) is 12.5. The van der Waals surface area contributed by atoms with Crippen LogP contribution in [0.15, 0.2) is 41.2 Å². The lowest BCUT2D eigenvalue weighted by Crippen LogP contribution is -2.34. The molecule has 2 N–H and O–H groups in total. The van der Waals surface area contributed by atoms with Crippen LogP contribution in [0, 0.1) is 0 Å². The van der Waals surface area contributed by atoms with Gasteiger partial charge in [-0.05, 0) is 54.7 Å². The maximum Gasteiger partial charge on any atom is 0.253 e. The summed E-state index contributed by atoms with van der Waals surface area (Å²) in [4.78, 5) is 17.9. The van der Waals surface area contributed by atoms with E-state index in [1.807, 2.05) is 32.3 Å². The molecule has 3 rings (SSSR count). The van der Waals surface area contributed by atoms with Gasteiger partial charge in [-0.25, -0.2) is 0 Å². The third-order valence-electron chi connectivity index (χ3n) is 4.14. The molecule has 2 aromatic heterocycles. The Balaban J connectivity index is 1.77. The number of hydrogen-bond acceptors (Lipinski definition) is 4. The van der Waals surface area contributed by atoms with Crippen molar-refractivity contribution < 1.29 is 9.53 Å². The van der Waals surface area contributed by atoms with E-state index in [4.69, 9.17) is 4.74 Å². The molecule has 24 heavy (non-hydrogen) atoms. The lowest BCUT2D eigenvalue weighted by atomic mass is 10.1. The van der Waals surface area contributed by atoms with Crippen molar-refractivity contribution in [2.45, 2.75) is 6.04 Å². The number of hydrogen-bond donors (Lipinski definition) is 2. The Morgan fingerprint density at radius 3 is 2.88 bits per heavy atom. The lowest BCUT2D eigenvalue weighted by Gasteiger charge is -2.23. The van der Waals surface area contributed by atoms with E-state index >= 15 is 0 Å². The van der Waals surface area contributed by atoms with E-state index < -0.39 is 0 Å². The fraction of sp³-hybridized carbons (Fsp3) is 0.278. The maximum atomic E-state index is 12.6. The van der Waals surface area contributed by atoms with Crippen LogP contribution in [-0.2, 0) is 0 Å². The molecule has 0 unspecified atom stereocenters. The highest BCUT2D eigenvalue weighted by molar-refractivity contribution is 7.07. The van der Waals surface area contributed by atoms with E-state index in [0.29, 0.717) is 12.1 Å². The Morgan fingerprint density at radius 1 is 1.38 bits per heavy atom. The first-order valence-corrected chi connectivity index (χ1v) is 8.66. The molecule has 6 heteroatoms.